The highest BCUT2D eigenvalue weighted by Gasteiger charge is 2.10. The number of aliphatic hydroxyl groups excluding tert-OH is 1. The lowest BCUT2D eigenvalue weighted by Crippen LogP contribution is -2.21. The quantitative estimate of drug-likeness (QED) is 0.279. The maximum atomic E-state index is 11.9. The van der Waals surface area contributed by atoms with Crippen LogP contribution in [0, 0.1) is 23.5 Å². The molecule has 0 radical (unpaired) electrons. The highest BCUT2D eigenvalue weighted by atomic mass is 32.2. The summed E-state index contributed by atoms with van der Waals surface area (Å²) >= 11 is 0. The Hall–Kier alpha value is -3.66. The molecule has 0 fully saturated rings. The molecule has 1 aromatic heterocycles. The van der Waals surface area contributed by atoms with E-state index in [-0.39, 0.29) is 18.6 Å². The van der Waals surface area contributed by atoms with Gasteiger partial charge in [0.15, 0.2) is 0 Å². The third-order valence-electron chi connectivity index (χ3n) is 4.88. The van der Waals surface area contributed by atoms with E-state index in [2.05, 4.69) is 37.2 Å². The number of sulfonamides is 1. The van der Waals surface area contributed by atoms with Gasteiger partial charge in [-0.05, 0) is 55.8 Å². The van der Waals surface area contributed by atoms with Gasteiger partial charge in [0, 0.05) is 34.1 Å². The molecule has 1 heterocycles. The zero-order chi connectivity index (χ0) is 26.5. The van der Waals surface area contributed by atoms with Crippen molar-refractivity contribution in [2.75, 3.05) is 34.5 Å². The van der Waals surface area contributed by atoms with Crippen LogP contribution in [0.15, 0.2) is 53.6 Å². The summed E-state index contributed by atoms with van der Waals surface area (Å²) in [4.78, 5) is 9.24. The molecule has 0 aliphatic rings. The SMILES string of the molecule is Cc1ccc(NS(C)(=O)=O)cc1C#Cc1cnc(Nc2ccc(S(C)(=N)=O)cc2)nc1N[C@H](C)CO. The number of hydrogen-bond donors (Lipinski definition) is 5. The van der Waals surface area contributed by atoms with Crippen molar-refractivity contribution in [3.8, 4) is 11.8 Å². The number of hydrogen-bond acceptors (Lipinski definition) is 9. The van der Waals surface area contributed by atoms with Crippen LogP contribution in [0.4, 0.5) is 23.1 Å². The summed E-state index contributed by atoms with van der Waals surface area (Å²) in [6.07, 6.45) is 3.98. The van der Waals surface area contributed by atoms with Crippen LogP contribution in [0.3, 0.4) is 0 Å². The Labute approximate surface area is 211 Å². The van der Waals surface area contributed by atoms with Gasteiger partial charge in [-0.25, -0.2) is 22.4 Å². The summed E-state index contributed by atoms with van der Waals surface area (Å²) in [5, 5.41) is 15.7. The van der Waals surface area contributed by atoms with Crippen molar-refractivity contribution >= 4 is 42.9 Å². The van der Waals surface area contributed by atoms with Gasteiger partial charge in [-0.15, -0.1) is 0 Å². The van der Waals surface area contributed by atoms with Crippen LogP contribution in [-0.2, 0) is 19.8 Å². The summed E-state index contributed by atoms with van der Waals surface area (Å²) in [5.74, 6) is 6.76. The Kier molecular flexibility index (Phi) is 8.19. The van der Waals surface area contributed by atoms with Crippen molar-refractivity contribution in [3.05, 3.63) is 65.4 Å². The average molecular weight is 529 g/mol. The van der Waals surface area contributed by atoms with Gasteiger partial charge < -0.3 is 15.7 Å². The first-order valence-electron chi connectivity index (χ1n) is 10.8. The third-order valence-corrected chi connectivity index (χ3v) is 6.66. The number of aryl methyl sites for hydroxylation is 1. The van der Waals surface area contributed by atoms with E-state index in [4.69, 9.17) is 4.78 Å². The van der Waals surface area contributed by atoms with E-state index in [1.807, 2.05) is 6.92 Å². The molecule has 36 heavy (non-hydrogen) atoms. The number of aliphatic hydroxyl groups is 1. The second-order valence-electron chi connectivity index (χ2n) is 8.33. The summed E-state index contributed by atoms with van der Waals surface area (Å²) in [7, 11) is -6.23. The minimum atomic E-state index is -3.42. The van der Waals surface area contributed by atoms with Crippen molar-refractivity contribution in [2.45, 2.75) is 24.8 Å². The van der Waals surface area contributed by atoms with E-state index in [1.165, 1.54) is 6.26 Å². The van der Waals surface area contributed by atoms with Crippen molar-refractivity contribution in [1.82, 2.24) is 9.97 Å². The largest absolute Gasteiger partial charge is 0.394 e. The van der Waals surface area contributed by atoms with E-state index < -0.39 is 19.8 Å². The minimum Gasteiger partial charge on any atom is -0.394 e. The Morgan fingerprint density at radius 1 is 1.03 bits per heavy atom. The van der Waals surface area contributed by atoms with Gasteiger partial charge in [-0.1, -0.05) is 17.9 Å². The molecule has 0 saturated carbocycles. The number of nitrogens with one attached hydrogen (secondary N) is 4. The lowest BCUT2D eigenvalue weighted by molar-refractivity contribution is 0.281. The van der Waals surface area contributed by atoms with Crippen molar-refractivity contribution in [2.24, 2.45) is 0 Å². The zero-order valence-electron chi connectivity index (χ0n) is 20.3. The predicted molar refractivity (Wildman–Crippen MR) is 143 cm³/mol. The molecule has 0 spiro atoms. The number of rotatable bonds is 8. The third kappa shape index (κ3) is 7.67. The first-order chi connectivity index (χ1) is 16.8. The molecular formula is C24H28N6O4S2. The van der Waals surface area contributed by atoms with E-state index in [9.17, 15) is 17.7 Å². The van der Waals surface area contributed by atoms with E-state index in [1.54, 1.807) is 55.6 Å². The standard InChI is InChI=1S/C24H28N6O4S2/c1-16-5-8-21(30-36(4,33)34)13-18(16)6-7-19-14-26-24(29-23(19)27-17(2)15-31)28-20-9-11-22(12-10-20)35(3,25)32/h5,8-14,17,25,30-31H,15H2,1-4H3,(H2,26,27,28,29)/t17-,35?/m1/s1. The van der Waals surface area contributed by atoms with Crippen LogP contribution < -0.4 is 15.4 Å². The fraction of sp³-hybridized carbons (Fsp3) is 0.250. The fourth-order valence-electron chi connectivity index (χ4n) is 3.02. The number of aromatic nitrogens is 2. The van der Waals surface area contributed by atoms with Crippen molar-refractivity contribution < 1.29 is 17.7 Å². The normalized spacial score (nSPS) is 13.6. The zero-order valence-corrected chi connectivity index (χ0v) is 21.9. The maximum Gasteiger partial charge on any atom is 0.229 e. The molecule has 0 aliphatic carbocycles. The summed E-state index contributed by atoms with van der Waals surface area (Å²) in [6, 6.07) is 11.4. The Bertz CT molecular complexity index is 1530. The summed E-state index contributed by atoms with van der Waals surface area (Å²) in [5.41, 5.74) is 3.04. The van der Waals surface area contributed by atoms with Gasteiger partial charge in [-0.2, -0.15) is 4.98 Å². The molecule has 2 aromatic carbocycles. The monoisotopic (exact) mass is 528 g/mol. The smallest absolute Gasteiger partial charge is 0.229 e. The summed E-state index contributed by atoms with van der Waals surface area (Å²) < 4.78 is 45.1. The molecule has 0 saturated heterocycles. The molecular weight excluding hydrogens is 500 g/mol. The van der Waals surface area contributed by atoms with Gasteiger partial charge in [-0.3, -0.25) is 4.72 Å². The van der Waals surface area contributed by atoms with Crippen LogP contribution in [0.5, 0.6) is 0 Å². The summed E-state index contributed by atoms with van der Waals surface area (Å²) in [6.45, 7) is 3.54. The van der Waals surface area contributed by atoms with Crippen molar-refractivity contribution in [3.63, 3.8) is 0 Å². The maximum absolute atomic E-state index is 11.9. The van der Waals surface area contributed by atoms with Crippen molar-refractivity contribution in [1.29, 1.82) is 4.78 Å². The van der Waals surface area contributed by atoms with Crippen LogP contribution in [0.2, 0.25) is 0 Å². The molecule has 1 unspecified atom stereocenters. The van der Waals surface area contributed by atoms with Crippen LogP contribution in [0.1, 0.15) is 23.6 Å². The van der Waals surface area contributed by atoms with E-state index in [0.717, 1.165) is 11.8 Å². The first kappa shape index (κ1) is 26.9. The Morgan fingerprint density at radius 3 is 2.28 bits per heavy atom. The second-order valence-corrected chi connectivity index (χ2v) is 12.2. The Morgan fingerprint density at radius 2 is 1.67 bits per heavy atom. The van der Waals surface area contributed by atoms with Crippen LogP contribution in [0.25, 0.3) is 0 Å². The molecule has 0 bridgehead atoms. The fourth-order valence-corrected chi connectivity index (χ4v) is 4.23. The highest BCUT2D eigenvalue weighted by Crippen LogP contribution is 2.21. The van der Waals surface area contributed by atoms with Gasteiger partial charge in [0.1, 0.15) is 5.82 Å². The van der Waals surface area contributed by atoms with E-state index >= 15 is 0 Å². The van der Waals surface area contributed by atoms with Crippen LogP contribution >= 0.6 is 0 Å². The lowest BCUT2D eigenvalue weighted by atomic mass is 10.1. The van der Waals surface area contributed by atoms with E-state index in [0.29, 0.717) is 33.2 Å². The molecule has 10 nitrogen and oxygen atoms in total. The van der Waals surface area contributed by atoms with Gasteiger partial charge in [0.2, 0.25) is 16.0 Å². The molecule has 190 valence electrons. The minimum absolute atomic E-state index is 0.122. The topological polar surface area (TPSA) is 157 Å². The lowest BCUT2D eigenvalue weighted by Gasteiger charge is -2.14. The average Bonchev–Trinajstić information content (AvgIpc) is 2.79. The molecule has 2 atom stereocenters. The first-order valence-corrected chi connectivity index (χ1v) is 14.7. The molecule has 3 aromatic rings. The number of nitrogens with zero attached hydrogens (tertiary/aromatic N) is 2. The number of benzene rings is 2. The predicted octanol–water partition coefficient (Wildman–Crippen LogP) is 3.13. The van der Waals surface area contributed by atoms with Crippen LogP contribution in [-0.4, -0.2) is 52.9 Å². The molecule has 12 heteroatoms. The van der Waals surface area contributed by atoms with Gasteiger partial charge in [0.05, 0.1) is 34.4 Å². The molecule has 3 rings (SSSR count). The molecule has 0 amide bonds. The van der Waals surface area contributed by atoms with Gasteiger partial charge in [0.25, 0.3) is 0 Å². The highest BCUT2D eigenvalue weighted by molar-refractivity contribution is 7.92. The Balaban J connectivity index is 1.93. The van der Waals surface area contributed by atoms with Gasteiger partial charge >= 0.3 is 0 Å². The molecule has 0 aliphatic heterocycles. The number of anilines is 4. The second kappa shape index (κ2) is 10.9. The molecule has 5 N–H and O–H groups in total.